The van der Waals surface area contributed by atoms with Crippen LogP contribution in [0.2, 0.25) is 0 Å². The normalized spacial score (nSPS) is 27.9. The maximum absolute atomic E-state index is 3.60. The second-order valence-corrected chi connectivity index (χ2v) is 5.46. The van der Waals surface area contributed by atoms with Crippen LogP contribution in [0.4, 0.5) is 0 Å². The molecule has 0 spiro atoms. The fourth-order valence-electron chi connectivity index (χ4n) is 2.67. The van der Waals surface area contributed by atoms with E-state index < -0.39 is 0 Å². The Morgan fingerprint density at radius 3 is 2.75 bits per heavy atom. The summed E-state index contributed by atoms with van der Waals surface area (Å²) in [6, 6.07) is 0.741. The van der Waals surface area contributed by atoms with Crippen molar-refractivity contribution in [2.24, 2.45) is 5.92 Å². The van der Waals surface area contributed by atoms with E-state index in [-0.39, 0.29) is 0 Å². The highest BCUT2D eigenvalue weighted by molar-refractivity contribution is 4.78. The smallest absolute Gasteiger partial charge is 0.0230 e. The molecule has 1 aliphatic heterocycles. The Labute approximate surface area is 100.0 Å². The van der Waals surface area contributed by atoms with E-state index in [1.54, 1.807) is 0 Å². The Kier molecular flexibility index (Phi) is 5.07. The second kappa shape index (κ2) is 6.58. The molecule has 3 heteroatoms. The van der Waals surface area contributed by atoms with Crippen molar-refractivity contribution >= 4 is 0 Å². The van der Waals surface area contributed by atoms with Crippen molar-refractivity contribution in [2.75, 3.05) is 39.8 Å². The minimum absolute atomic E-state index is 0.741. The van der Waals surface area contributed by atoms with Gasteiger partial charge in [-0.2, -0.15) is 0 Å². The maximum atomic E-state index is 3.60. The van der Waals surface area contributed by atoms with Gasteiger partial charge in [0, 0.05) is 25.7 Å². The molecule has 0 radical (unpaired) electrons. The van der Waals surface area contributed by atoms with Crippen LogP contribution in [0.25, 0.3) is 0 Å². The Morgan fingerprint density at radius 1 is 1.25 bits per heavy atom. The van der Waals surface area contributed by atoms with E-state index >= 15 is 0 Å². The number of hydrogen-bond acceptors (Lipinski definition) is 3. The van der Waals surface area contributed by atoms with Crippen LogP contribution >= 0.6 is 0 Å². The quantitative estimate of drug-likeness (QED) is 0.662. The van der Waals surface area contributed by atoms with Crippen LogP contribution in [0.3, 0.4) is 0 Å². The van der Waals surface area contributed by atoms with Crippen LogP contribution in [0.15, 0.2) is 0 Å². The number of rotatable bonds is 6. The second-order valence-electron chi connectivity index (χ2n) is 5.46. The third-order valence-corrected chi connectivity index (χ3v) is 4.25. The van der Waals surface area contributed by atoms with E-state index in [9.17, 15) is 0 Å². The lowest BCUT2D eigenvalue weighted by Gasteiger charge is -2.33. The standard InChI is InChI=1S/C13H27N3/c1-16-10-9-15-11-13(16)6-8-14-7-5-12-3-2-4-12/h12-15H,2-11H2,1H3. The molecule has 0 aromatic rings. The zero-order valence-electron chi connectivity index (χ0n) is 10.7. The summed E-state index contributed by atoms with van der Waals surface area (Å²) in [7, 11) is 2.25. The highest BCUT2D eigenvalue weighted by Gasteiger charge is 2.18. The summed E-state index contributed by atoms with van der Waals surface area (Å²) >= 11 is 0. The number of likely N-dealkylation sites (N-methyl/N-ethyl adjacent to an activating group) is 1. The molecule has 2 N–H and O–H groups in total. The van der Waals surface area contributed by atoms with Crippen molar-refractivity contribution in [3.8, 4) is 0 Å². The Bertz CT molecular complexity index is 192. The topological polar surface area (TPSA) is 27.3 Å². The predicted molar refractivity (Wildman–Crippen MR) is 68.7 cm³/mol. The van der Waals surface area contributed by atoms with Crippen LogP contribution in [0.5, 0.6) is 0 Å². The number of nitrogens with one attached hydrogen (secondary N) is 2. The first kappa shape index (κ1) is 12.3. The summed E-state index contributed by atoms with van der Waals surface area (Å²) in [5.41, 5.74) is 0. The van der Waals surface area contributed by atoms with E-state index in [4.69, 9.17) is 0 Å². The van der Waals surface area contributed by atoms with Gasteiger partial charge in [0.25, 0.3) is 0 Å². The van der Waals surface area contributed by atoms with Gasteiger partial charge in [0.05, 0.1) is 0 Å². The predicted octanol–water partition coefficient (Wildman–Crippen LogP) is 1.06. The number of nitrogens with zero attached hydrogens (tertiary/aromatic N) is 1. The molecule has 1 unspecified atom stereocenters. The van der Waals surface area contributed by atoms with E-state index in [0.717, 1.165) is 18.5 Å². The van der Waals surface area contributed by atoms with E-state index in [0.29, 0.717) is 0 Å². The summed E-state index contributed by atoms with van der Waals surface area (Å²) in [5, 5.41) is 7.07. The molecule has 3 nitrogen and oxygen atoms in total. The van der Waals surface area contributed by atoms with Gasteiger partial charge in [-0.15, -0.1) is 0 Å². The molecule has 2 fully saturated rings. The molecular formula is C13H27N3. The lowest BCUT2D eigenvalue weighted by Crippen LogP contribution is -2.50. The van der Waals surface area contributed by atoms with Crippen molar-refractivity contribution in [3.05, 3.63) is 0 Å². The first-order valence-corrected chi connectivity index (χ1v) is 6.98. The van der Waals surface area contributed by atoms with Gasteiger partial charge in [-0.05, 0) is 38.9 Å². The molecule has 1 atom stereocenters. The summed E-state index contributed by atoms with van der Waals surface area (Å²) in [6.45, 7) is 5.94. The van der Waals surface area contributed by atoms with Crippen LogP contribution in [0, 0.1) is 5.92 Å². The molecule has 16 heavy (non-hydrogen) atoms. The summed E-state index contributed by atoms with van der Waals surface area (Å²) in [6.07, 6.45) is 7.13. The minimum Gasteiger partial charge on any atom is -0.317 e. The van der Waals surface area contributed by atoms with Gasteiger partial charge < -0.3 is 15.5 Å². The van der Waals surface area contributed by atoms with Crippen molar-refractivity contribution in [1.29, 1.82) is 0 Å². The van der Waals surface area contributed by atoms with Crippen molar-refractivity contribution in [2.45, 2.75) is 38.1 Å². The molecule has 1 saturated heterocycles. The summed E-state index contributed by atoms with van der Waals surface area (Å²) in [5.74, 6) is 1.05. The van der Waals surface area contributed by atoms with Crippen LogP contribution in [-0.4, -0.2) is 50.7 Å². The fourth-order valence-corrected chi connectivity index (χ4v) is 2.67. The molecule has 0 aromatic heterocycles. The van der Waals surface area contributed by atoms with Crippen molar-refractivity contribution in [1.82, 2.24) is 15.5 Å². The van der Waals surface area contributed by atoms with Crippen LogP contribution in [0.1, 0.15) is 32.1 Å². The van der Waals surface area contributed by atoms with Crippen LogP contribution < -0.4 is 10.6 Å². The Morgan fingerprint density at radius 2 is 2.06 bits per heavy atom. The number of piperazine rings is 1. The number of hydrogen-bond donors (Lipinski definition) is 2. The zero-order chi connectivity index (χ0) is 11.2. The van der Waals surface area contributed by atoms with Crippen LogP contribution in [-0.2, 0) is 0 Å². The molecule has 0 amide bonds. The van der Waals surface area contributed by atoms with E-state index in [1.165, 1.54) is 58.3 Å². The first-order valence-electron chi connectivity index (χ1n) is 6.98. The molecule has 2 rings (SSSR count). The molecule has 1 aliphatic carbocycles. The highest BCUT2D eigenvalue weighted by Crippen LogP contribution is 2.28. The maximum Gasteiger partial charge on any atom is 0.0230 e. The monoisotopic (exact) mass is 225 g/mol. The van der Waals surface area contributed by atoms with Gasteiger partial charge in [-0.1, -0.05) is 19.3 Å². The average Bonchev–Trinajstić information content (AvgIpc) is 2.23. The third-order valence-electron chi connectivity index (χ3n) is 4.25. The van der Waals surface area contributed by atoms with E-state index in [2.05, 4.69) is 22.6 Å². The Hall–Kier alpha value is -0.120. The largest absolute Gasteiger partial charge is 0.317 e. The van der Waals surface area contributed by atoms with Gasteiger partial charge in [-0.3, -0.25) is 0 Å². The van der Waals surface area contributed by atoms with E-state index in [1.807, 2.05) is 0 Å². The molecule has 2 aliphatic rings. The average molecular weight is 225 g/mol. The zero-order valence-corrected chi connectivity index (χ0v) is 10.7. The van der Waals surface area contributed by atoms with Gasteiger partial charge in [-0.25, -0.2) is 0 Å². The summed E-state index contributed by atoms with van der Waals surface area (Å²) in [4.78, 5) is 2.49. The van der Waals surface area contributed by atoms with Crippen molar-refractivity contribution < 1.29 is 0 Å². The lowest BCUT2D eigenvalue weighted by molar-refractivity contribution is 0.189. The van der Waals surface area contributed by atoms with Gasteiger partial charge >= 0.3 is 0 Å². The first-order chi connectivity index (χ1) is 7.86. The molecule has 0 bridgehead atoms. The molecule has 1 heterocycles. The minimum atomic E-state index is 0.741. The van der Waals surface area contributed by atoms with Crippen molar-refractivity contribution in [3.63, 3.8) is 0 Å². The Balaban J connectivity index is 1.46. The summed E-state index contributed by atoms with van der Waals surface area (Å²) < 4.78 is 0. The fraction of sp³-hybridized carbons (Fsp3) is 1.00. The highest BCUT2D eigenvalue weighted by atomic mass is 15.2. The van der Waals surface area contributed by atoms with Gasteiger partial charge in [0.1, 0.15) is 0 Å². The third kappa shape index (κ3) is 3.72. The van der Waals surface area contributed by atoms with Gasteiger partial charge in [0.2, 0.25) is 0 Å². The molecule has 1 saturated carbocycles. The lowest BCUT2D eigenvalue weighted by atomic mass is 9.83. The van der Waals surface area contributed by atoms with Gasteiger partial charge in [0.15, 0.2) is 0 Å². The molecule has 0 aromatic carbocycles. The SMILES string of the molecule is CN1CCNCC1CCNCCC1CCC1. The molecule has 94 valence electrons. The molecular weight excluding hydrogens is 198 g/mol.